The highest BCUT2D eigenvalue weighted by molar-refractivity contribution is 6.74. The summed E-state index contributed by atoms with van der Waals surface area (Å²) in [6, 6.07) is 11.2. The standard InChI is InChI=1S/C23H34N2O2Si/c1-22(2,3)16-12-10-9-11-15(16)21(26)19-18(14-13-17(24)20(19)25)27-28(7,8)23(4,5)6/h9-14H,24-25H2,1-8H3. The number of hydrogen-bond donors (Lipinski definition) is 2. The Morgan fingerprint density at radius 1 is 0.929 bits per heavy atom. The van der Waals surface area contributed by atoms with E-state index >= 15 is 0 Å². The van der Waals surface area contributed by atoms with Crippen LogP contribution in [0.4, 0.5) is 11.4 Å². The topological polar surface area (TPSA) is 78.3 Å². The lowest BCUT2D eigenvalue weighted by Crippen LogP contribution is -2.44. The number of hydrogen-bond acceptors (Lipinski definition) is 4. The van der Waals surface area contributed by atoms with E-state index in [1.54, 1.807) is 12.1 Å². The quantitative estimate of drug-likeness (QED) is 0.390. The van der Waals surface area contributed by atoms with Crippen LogP contribution in [0.15, 0.2) is 36.4 Å². The van der Waals surface area contributed by atoms with Crippen LogP contribution in [0.3, 0.4) is 0 Å². The fraction of sp³-hybridized carbons (Fsp3) is 0.435. The molecule has 0 aliphatic carbocycles. The average Bonchev–Trinajstić information content (AvgIpc) is 2.56. The Balaban J connectivity index is 2.67. The van der Waals surface area contributed by atoms with Gasteiger partial charge in [0.25, 0.3) is 8.32 Å². The van der Waals surface area contributed by atoms with E-state index in [2.05, 4.69) is 54.6 Å². The number of carbonyl (C=O) groups is 1. The molecule has 0 aromatic heterocycles. The van der Waals surface area contributed by atoms with Crippen molar-refractivity contribution in [3.63, 3.8) is 0 Å². The van der Waals surface area contributed by atoms with Crippen LogP contribution >= 0.6 is 0 Å². The third-order valence-electron chi connectivity index (χ3n) is 5.62. The van der Waals surface area contributed by atoms with Crippen LogP contribution in [-0.2, 0) is 5.41 Å². The summed E-state index contributed by atoms with van der Waals surface area (Å²) in [4.78, 5) is 13.6. The molecule has 0 atom stereocenters. The molecule has 0 unspecified atom stereocenters. The summed E-state index contributed by atoms with van der Waals surface area (Å²) in [5, 5.41) is -0.00716. The monoisotopic (exact) mass is 398 g/mol. The Labute approximate surface area is 170 Å². The van der Waals surface area contributed by atoms with Gasteiger partial charge in [-0.25, -0.2) is 0 Å². The molecule has 2 aromatic carbocycles. The molecule has 0 fully saturated rings. The summed E-state index contributed by atoms with van der Waals surface area (Å²) in [5.74, 6) is 0.371. The summed E-state index contributed by atoms with van der Waals surface area (Å²) >= 11 is 0. The Hall–Kier alpha value is -2.27. The molecule has 0 saturated heterocycles. The normalized spacial score (nSPS) is 12.7. The zero-order chi connectivity index (χ0) is 21.5. The maximum atomic E-state index is 13.6. The molecule has 0 saturated carbocycles. The molecular weight excluding hydrogens is 364 g/mol. The first kappa shape index (κ1) is 22.0. The fourth-order valence-electron chi connectivity index (χ4n) is 2.83. The van der Waals surface area contributed by atoms with Gasteiger partial charge in [0.2, 0.25) is 0 Å². The third kappa shape index (κ3) is 4.25. The smallest absolute Gasteiger partial charge is 0.250 e. The van der Waals surface area contributed by atoms with Crippen molar-refractivity contribution in [2.45, 2.75) is 65.1 Å². The molecular formula is C23H34N2O2Si. The van der Waals surface area contributed by atoms with Crippen LogP contribution in [0, 0.1) is 0 Å². The summed E-state index contributed by atoms with van der Waals surface area (Å²) in [7, 11) is -2.16. The molecule has 4 N–H and O–H groups in total. The molecule has 0 amide bonds. The minimum absolute atomic E-state index is 0.00716. The lowest BCUT2D eigenvalue weighted by Gasteiger charge is -2.37. The highest BCUT2D eigenvalue weighted by atomic mass is 28.4. The fourth-order valence-corrected chi connectivity index (χ4v) is 3.86. The summed E-state index contributed by atoms with van der Waals surface area (Å²) in [6.45, 7) is 17.1. The second kappa shape index (κ2) is 7.28. The van der Waals surface area contributed by atoms with Crippen molar-refractivity contribution in [1.82, 2.24) is 0 Å². The van der Waals surface area contributed by atoms with Crippen LogP contribution in [0.5, 0.6) is 5.75 Å². The highest BCUT2D eigenvalue weighted by Gasteiger charge is 2.40. The van der Waals surface area contributed by atoms with Crippen molar-refractivity contribution in [2.75, 3.05) is 11.5 Å². The number of rotatable bonds is 4. The van der Waals surface area contributed by atoms with Crippen LogP contribution in [0.1, 0.15) is 63.0 Å². The lowest BCUT2D eigenvalue weighted by atomic mass is 9.81. The Bertz CT molecular complexity index is 890. The van der Waals surface area contributed by atoms with E-state index in [4.69, 9.17) is 15.9 Å². The van der Waals surface area contributed by atoms with Gasteiger partial charge in [0.05, 0.1) is 16.9 Å². The summed E-state index contributed by atoms with van der Waals surface area (Å²) in [5.41, 5.74) is 14.8. The lowest BCUT2D eigenvalue weighted by molar-refractivity contribution is 0.103. The van der Waals surface area contributed by atoms with E-state index in [1.807, 2.05) is 24.3 Å². The van der Waals surface area contributed by atoms with Gasteiger partial charge in [-0.15, -0.1) is 0 Å². The van der Waals surface area contributed by atoms with E-state index in [0.29, 0.717) is 22.6 Å². The maximum Gasteiger partial charge on any atom is 0.250 e. The molecule has 28 heavy (non-hydrogen) atoms. The van der Waals surface area contributed by atoms with Gasteiger partial charge in [0.1, 0.15) is 5.75 Å². The minimum atomic E-state index is -2.16. The molecule has 152 valence electrons. The molecule has 0 aliphatic heterocycles. The van der Waals surface area contributed by atoms with Crippen LogP contribution in [0.2, 0.25) is 18.1 Å². The zero-order valence-corrected chi connectivity index (χ0v) is 19.4. The SMILES string of the molecule is CC(C)(C)c1ccccc1C(=O)c1c(O[Si](C)(C)C(C)(C)C)ccc(N)c1N. The van der Waals surface area contributed by atoms with E-state index in [-0.39, 0.29) is 21.9 Å². The van der Waals surface area contributed by atoms with Crippen molar-refractivity contribution >= 4 is 25.5 Å². The highest BCUT2D eigenvalue weighted by Crippen LogP contribution is 2.41. The van der Waals surface area contributed by atoms with Crippen molar-refractivity contribution < 1.29 is 9.22 Å². The minimum Gasteiger partial charge on any atom is -0.543 e. The van der Waals surface area contributed by atoms with Gasteiger partial charge < -0.3 is 15.9 Å². The number of ketones is 1. The van der Waals surface area contributed by atoms with E-state index in [1.165, 1.54) is 0 Å². The Kier molecular flexibility index (Phi) is 5.73. The van der Waals surface area contributed by atoms with Gasteiger partial charge in [-0.2, -0.15) is 0 Å². The molecule has 2 rings (SSSR count). The van der Waals surface area contributed by atoms with Crippen LogP contribution in [-0.4, -0.2) is 14.1 Å². The molecule has 0 spiro atoms. The Morgan fingerprint density at radius 2 is 1.50 bits per heavy atom. The second-order valence-corrected chi connectivity index (χ2v) is 14.7. The van der Waals surface area contributed by atoms with E-state index < -0.39 is 8.32 Å². The number of nitrogens with two attached hydrogens (primary N) is 2. The number of anilines is 2. The van der Waals surface area contributed by atoms with Gasteiger partial charge in [0.15, 0.2) is 5.78 Å². The molecule has 2 aromatic rings. The van der Waals surface area contributed by atoms with E-state index in [9.17, 15) is 4.79 Å². The number of carbonyl (C=O) groups excluding carboxylic acids is 1. The van der Waals surface area contributed by atoms with Crippen molar-refractivity contribution in [3.05, 3.63) is 53.1 Å². The van der Waals surface area contributed by atoms with Gasteiger partial charge in [-0.05, 0) is 41.2 Å². The number of benzene rings is 2. The van der Waals surface area contributed by atoms with Crippen molar-refractivity contribution in [2.24, 2.45) is 0 Å². The summed E-state index contributed by atoms with van der Waals surface area (Å²) < 4.78 is 6.48. The average molecular weight is 399 g/mol. The first-order chi connectivity index (χ1) is 12.7. The largest absolute Gasteiger partial charge is 0.543 e. The van der Waals surface area contributed by atoms with Crippen molar-refractivity contribution in [3.8, 4) is 5.75 Å². The van der Waals surface area contributed by atoms with Crippen molar-refractivity contribution in [1.29, 1.82) is 0 Å². The maximum absolute atomic E-state index is 13.6. The Morgan fingerprint density at radius 3 is 2.04 bits per heavy atom. The van der Waals surface area contributed by atoms with Gasteiger partial charge >= 0.3 is 0 Å². The number of nitrogen functional groups attached to an aromatic ring is 2. The summed E-state index contributed by atoms with van der Waals surface area (Å²) in [6.07, 6.45) is 0. The molecule has 0 bridgehead atoms. The predicted molar refractivity (Wildman–Crippen MR) is 122 cm³/mol. The van der Waals surface area contributed by atoms with Gasteiger partial charge in [-0.1, -0.05) is 65.8 Å². The zero-order valence-electron chi connectivity index (χ0n) is 18.4. The first-order valence-corrected chi connectivity index (χ1v) is 12.6. The molecule has 4 nitrogen and oxygen atoms in total. The van der Waals surface area contributed by atoms with E-state index in [0.717, 1.165) is 5.56 Å². The molecule has 0 heterocycles. The second-order valence-electron chi connectivity index (χ2n) is 9.93. The molecule has 0 aliphatic rings. The first-order valence-electron chi connectivity index (χ1n) is 9.68. The molecule has 0 radical (unpaired) electrons. The van der Waals surface area contributed by atoms with Gasteiger partial charge in [0, 0.05) is 5.56 Å². The van der Waals surface area contributed by atoms with Crippen LogP contribution < -0.4 is 15.9 Å². The predicted octanol–water partition coefficient (Wildman–Crippen LogP) is 5.76. The van der Waals surface area contributed by atoms with Crippen LogP contribution in [0.25, 0.3) is 0 Å². The van der Waals surface area contributed by atoms with Gasteiger partial charge in [-0.3, -0.25) is 4.79 Å². The third-order valence-corrected chi connectivity index (χ3v) is 9.96. The molecule has 5 heteroatoms.